The summed E-state index contributed by atoms with van der Waals surface area (Å²) in [6, 6.07) is 9.68. The molecule has 0 saturated carbocycles. The normalized spacial score (nSPS) is 20.3. The molecule has 2 aromatic rings. The van der Waals surface area contributed by atoms with E-state index in [4.69, 9.17) is 4.74 Å². The molecular formula is C20H21F2NO5S. The zero-order chi connectivity index (χ0) is 21.2. The van der Waals surface area contributed by atoms with Crippen LogP contribution in [0.4, 0.5) is 8.78 Å². The summed E-state index contributed by atoms with van der Waals surface area (Å²) < 4.78 is 64.3. The van der Waals surface area contributed by atoms with Crippen molar-refractivity contribution in [3.63, 3.8) is 0 Å². The SMILES string of the molecule is COC(=O)c1ccc(F)c(OC2CC(c3ccccc3F)CN(S(C)(=O)=O)C2)c1. The van der Waals surface area contributed by atoms with E-state index in [2.05, 4.69) is 4.74 Å². The fourth-order valence-electron chi connectivity index (χ4n) is 3.42. The van der Waals surface area contributed by atoms with E-state index in [1.807, 2.05) is 0 Å². The highest BCUT2D eigenvalue weighted by atomic mass is 32.2. The van der Waals surface area contributed by atoms with Crippen LogP contribution in [-0.2, 0) is 14.8 Å². The fraction of sp³-hybridized carbons (Fsp3) is 0.350. The summed E-state index contributed by atoms with van der Waals surface area (Å²) in [7, 11) is -2.37. The topological polar surface area (TPSA) is 72.9 Å². The van der Waals surface area contributed by atoms with Gasteiger partial charge in [0, 0.05) is 12.5 Å². The van der Waals surface area contributed by atoms with Gasteiger partial charge in [-0.3, -0.25) is 0 Å². The molecule has 1 fully saturated rings. The predicted octanol–water partition coefficient (Wildman–Crippen LogP) is 2.95. The van der Waals surface area contributed by atoms with Crippen LogP contribution < -0.4 is 4.74 Å². The molecule has 3 rings (SSSR count). The number of piperidine rings is 1. The van der Waals surface area contributed by atoms with E-state index in [9.17, 15) is 22.0 Å². The van der Waals surface area contributed by atoms with Crippen LogP contribution >= 0.6 is 0 Å². The highest BCUT2D eigenvalue weighted by Gasteiger charge is 2.35. The van der Waals surface area contributed by atoms with Crippen LogP contribution in [0.2, 0.25) is 0 Å². The Balaban J connectivity index is 1.90. The Hall–Kier alpha value is -2.52. The number of hydrogen-bond donors (Lipinski definition) is 0. The monoisotopic (exact) mass is 425 g/mol. The molecule has 1 aliphatic heterocycles. The van der Waals surface area contributed by atoms with Gasteiger partial charge in [0.15, 0.2) is 11.6 Å². The lowest BCUT2D eigenvalue weighted by Crippen LogP contribution is -2.47. The Morgan fingerprint density at radius 2 is 1.83 bits per heavy atom. The summed E-state index contributed by atoms with van der Waals surface area (Å²) in [5.74, 6) is -2.44. The highest BCUT2D eigenvalue weighted by molar-refractivity contribution is 7.88. The van der Waals surface area contributed by atoms with Crippen LogP contribution in [-0.4, -0.2) is 51.3 Å². The van der Waals surface area contributed by atoms with Crippen LogP contribution in [0.5, 0.6) is 5.75 Å². The number of methoxy groups -OCH3 is 1. The molecule has 0 N–H and O–H groups in total. The van der Waals surface area contributed by atoms with Crippen LogP contribution in [0.3, 0.4) is 0 Å². The first-order chi connectivity index (χ1) is 13.7. The van der Waals surface area contributed by atoms with Gasteiger partial charge in [-0.25, -0.2) is 22.0 Å². The molecule has 0 amide bonds. The number of halogens is 2. The summed E-state index contributed by atoms with van der Waals surface area (Å²) in [4.78, 5) is 11.7. The molecule has 1 saturated heterocycles. The quantitative estimate of drug-likeness (QED) is 0.689. The standard InChI is InChI=1S/C20H21F2NO5S/c1-27-20(24)13-7-8-18(22)19(10-13)28-15-9-14(11-23(12-15)29(2,25)26)16-5-3-4-6-17(16)21/h3-8,10,14-15H,9,11-12H2,1-2H3. The minimum Gasteiger partial charge on any atom is -0.486 e. The Morgan fingerprint density at radius 1 is 1.10 bits per heavy atom. The first-order valence-corrected chi connectivity index (χ1v) is 10.8. The molecule has 0 aliphatic carbocycles. The third-order valence-corrected chi connectivity index (χ3v) is 6.07. The first-order valence-electron chi connectivity index (χ1n) is 8.93. The van der Waals surface area contributed by atoms with Crippen LogP contribution in [0, 0.1) is 11.6 Å². The lowest BCUT2D eigenvalue weighted by atomic mass is 9.90. The van der Waals surface area contributed by atoms with Gasteiger partial charge in [0.25, 0.3) is 0 Å². The molecule has 9 heteroatoms. The van der Waals surface area contributed by atoms with Crippen molar-refractivity contribution in [2.75, 3.05) is 26.5 Å². The summed E-state index contributed by atoms with van der Waals surface area (Å²) in [6.07, 6.45) is 0.617. The molecule has 156 valence electrons. The van der Waals surface area contributed by atoms with Gasteiger partial charge in [0.05, 0.1) is 25.5 Å². The zero-order valence-electron chi connectivity index (χ0n) is 16.0. The lowest BCUT2D eigenvalue weighted by molar-refractivity contribution is 0.0599. The van der Waals surface area contributed by atoms with Gasteiger partial charge in [-0.05, 0) is 36.2 Å². The zero-order valence-corrected chi connectivity index (χ0v) is 16.8. The average Bonchev–Trinajstić information content (AvgIpc) is 2.68. The number of esters is 1. The molecule has 2 unspecified atom stereocenters. The maximum absolute atomic E-state index is 14.3. The van der Waals surface area contributed by atoms with E-state index in [0.717, 1.165) is 12.3 Å². The number of carbonyl (C=O) groups is 1. The van der Waals surface area contributed by atoms with Crippen molar-refractivity contribution in [1.29, 1.82) is 0 Å². The predicted molar refractivity (Wildman–Crippen MR) is 102 cm³/mol. The number of ether oxygens (including phenoxy) is 2. The largest absolute Gasteiger partial charge is 0.486 e. The van der Waals surface area contributed by atoms with Gasteiger partial charge in [-0.1, -0.05) is 18.2 Å². The Morgan fingerprint density at radius 3 is 2.48 bits per heavy atom. The summed E-state index contributed by atoms with van der Waals surface area (Å²) in [6.45, 7) is 0.0932. The van der Waals surface area contributed by atoms with Crippen molar-refractivity contribution in [1.82, 2.24) is 4.31 Å². The third kappa shape index (κ3) is 4.91. The smallest absolute Gasteiger partial charge is 0.337 e. The fourth-order valence-corrected chi connectivity index (χ4v) is 4.31. The van der Waals surface area contributed by atoms with Crippen molar-refractivity contribution in [2.24, 2.45) is 0 Å². The van der Waals surface area contributed by atoms with Crippen LogP contribution in [0.1, 0.15) is 28.3 Å². The first kappa shape index (κ1) is 21.2. The number of rotatable bonds is 5. The lowest BCUT2D eigenvalue weighted by Gasteiger charge is -2.36. The van der Waals surface area contributed by atoms with Gasteiger partial charge >= 0.3 is 5.97 Å². The molecule has 2 aromatic carbocycles. The number of nitrogens with zero attached hydrogens (tertiary/aromatic N) is 1. The Labute approximate surface area is 168 Å². The summed E-state index contributed by atoms with van der Waals surface area (Å²) >= 11 is 0. The van der Waals surface area contributed by atoms with E-state index in [0.29, 0.717) is 5.56 Å². The van der Waals surface area contributed by atoms with Crippen molar-refractivity contribution < 1.29 is 31.5 Å². The molecule has 2 atom stereocenters. The third-order valence-electron chi connectivity index (χ3n) is 4.84. The molecule has 1 aliphatic rings. The van der Waals surface area contributed by atoms with Gasteiger partial charge in [-0.2, -0.15) is 4.31 Å². The molecule has 1 heterocycles. The van der Waals surface area contributed by atoms with Gasteiger partial charge in [0.2, 0.25) is 10.0 Å². The maximum atomic E-state index is 14.3. The molecule has 0 bridgehead atoms. The number of hydrogen-bond acceptors (Lipinski definition) is 5. The second kappa shape index (κ2) is 8.46. The highest BCUT2D eigenvalue weighted by Crippen LogP contribution is 2.32. The second-order valence-corrected chi connectivity index (χ2v) is 8.89. The molecule has 0 aromatic heterocycles. The van der Waals surface area contributed by atoms with Crippen LogP contribution in [0.25, 0.3) is 0 Å². The number of carbonyl (C=O) groups excluding carboxylic acids is 1. The Kier molecular flexibility index (Phi) is 6.18. The molecule has 6 nitrogen and oxygen atoms in total. The van der Waals surface area contributed by atoms with Crippen molar-refractivity contribution in [2.45, 2.75) is 18.4 Å². The molecule has 0 spiro atoms. The summed E-state index contributed by atoms with van der Waals surface area (Å²) in [5, 5.41) is 0. The average molecular weight is 425 g/mol. The van der Waals surface area contributed by atoms with E-state index >= 15 is 0 Å². The molecular weight excluding hydrogens is 404 g/mol. The van der Waals surface area contributed by atoms with E-state index in [-0.39, 0.29) is 30.8 Å². The van der Waals surface area contributed by atoms with E-state index in [1.54, 1.807) is 18.2 Å². The number of benzene rings is 2. The second-order valence-electron chi connectivity index (χ2n) is 6.91. The summed E-state index contributed by atoms with van der Waals surface area (Å²) in [5.41, 5.74) is 0.476. The van der Waals surface area contributed by atoms with Gasteiger partial charge in [-0.15, -0.1) is 0 Å². The Bertz CT molecular complexity index is 1010. The minimum absolute atomic E-state index is 0.00826. The maximum Gasteiger partial charge on any atom is 0.337 e. The van der Waals surface area contributed by atoms with E-state index in [1.165, 1.54) is 29.6 Å². The van der Waals surface area contributed by atoms with Crippen molar-refractivity contribution >= 4 is 16.0 Å². The van der Waals surface area contributed by atoms with Crippen molar-refractivity contribution in [3.05, 3.63) is 65.2 Å². The van der Waals surface area contributed by atoms with Crippen molar-refractivity contribution in [3.8, 4) is 5.75 Å². The van der Waals surface area contributed by atoms with Gasteiger partial charge in [0.1, 0.15) is 11.9 Å². The molecule has 0 radical (unpaired) electrons. The van der Waals surface area contributed by atoms with Crippen LogP contribution in [0.15, 0.2) is 42.5 Å². The number of sulfonamides is 1. The molecule has 29 heavy (non-hydrogen) atoms. The van der Waals surface area contributed by atoms with E-state index < -0.39 is 39.6 Å². The van der Waals surface area contributed by atoms with Gasteiger partial charge < -0.3 is 9.47 Å². The minimum atomic E-state index is -3.58.